The van der Waals surface area contributed by atoms with Gasteiger partial charge in [-0.25, -0.2) is 4.79 Å². The Morgan fingerprint density at radius 1 is 1.50 bits per heavy atom. The number of hydrogen-bond acceptors (Lipinski definition) is 3. The van der Waals surface area contributed by atoms with Gasteiger partial charge in [0.15, 0.2) is 0 Å². The molecule has 2 N–H and O–H groups in total. The summed E-state index contributed by atoms with van der Waals surface area (Å²) in [5.74, 6) is -1.15. The molecule has 1 aliphatic rings. The predicted molar refractivity (Wildman–Crippen MR) is 64.9 cm³/mol. The van der Waals surface area contributed by atoms with Crippen molar-refractivity contribution in [3.63, 3.8) is 0 Å². The molecule has 96 valence electrons. The molecular weight excluding hydrogens is 232 g/mol. The van der Waals surface area contributed by atoms with Gasteiger partial charge < -0.3 is 10.4 Å². The van der Waals surface area contributed by atoms with Crippen LogP contribution < -0.4 is 5.32 Å². The zero-order valence-corrected chi connectivity index (χ0v) is 10.1. The fourth-order valence-electron chi connectivity index (χ4n) is 2.32. The highest BCUT2D eigenvalue weighted by Gasteiger charge is 2.40. The van der Waals surface area contributed by atoms with E-state index in [1.54, 1.807) is 18.5 Å². The van der Waals surface area contributed by atoms with E-state index >= 15 is 0 Å². The van der Waals surface area contributed by atoms with Gasteiger partial charge in [-0.05, 0) is 30.9 Å². The first-order chi connectivity index (χ1) is 8.62. The van der Waals surface area contributed by atoms with Crippen LogP contribution in [0.2, 0.25) is 0 Å². The summed E-state index contributed by atoms with van der Waals surface area (Å²) in [4.78, 5) is 27.1. The van der Waals surface area contributed by atoms with Crippen molar-refractivity contribution in [2.75, 3.05) is 0 Å². The molecule has 1 saturated heterocycles. The molecule has 0 spiro atoms. The summed E-state index contributed by atoms with van der Waals surface area (Å²) < 4.78 is 0. The Labute approximate surface area is 105 Å². The standard InChI is InChI=1S/C13H16N2O3/c16-11-5-1-2-6-13(15-11,12(17)18)8-10-4-3-7-14-9-10/h3-4,7,9H,1-2,5-6,8H2,(H,15,16)(H,17,18). The minimum Gasteiger partial charge on any atom is -0.479 e. The highest BCUT2D eigenvalue weighted by atomic mass is 16.4. The third-order valence-corrected chi connectivity index (χ3v) is 3.27. The van der Waals surface area contributed by atoms with E-state index in [9.17, 15) is 14.7 Å². The van der Waals surface area contributed by atoms with Crippen molar-refractivity contribution >= 4 is 11.9 Å². The number of carbonyl (C=O) groups excluding carboxylic acids is 1. The van der Waals surface area contributed by atoms with E-state index in [1.807, 2.05) is 6.07 Å². The van der Waals surface area contributed by atoms with E-state index in [1.165, 1.54) is 0 Å². The number of rotatable bonds is 3. The van der Waals surface area contributed by atoms with Crippen molar-refractivity contribution in [2.45, 2.75) is 37.6 Å². The largest absolute Gasteiger partial charge is 0.479 e. The van der Waals surface area contributed by atoms with Crippen LogP contribution in [0.3, 0.4) is 0 Å². The van der Waals surface area contributed by atoms with Gasteiger partial charge in [0.25, 0.3) is 0 Å². The average molecular weight is 248 g/mol. The number of nitrogens with one attached hydrogen (secondary N) is 1. The smallest absolute Gasteiger partial charge is 0.329 e. The number of aromatic nitrogens is 1. The number of carboxylic acids is 1. The van der Waals surface area contributed by atoms with Gasteiger partial charge in [0.1, 0.15) is 5.54 Å². The molecule has 5 nitrogen and oxygen atoms in total. The maximum atomic E-state index is 11.6. The van der Waals surface area contributed by atoms with Gasteiger partial charge in [-0.2, -0.15) is 0 Å². The zero-order valence-electron chi connectivity index (χ0n) is 10.1. The van der Waals surface area contributed by atoms with Gasteiger partial charge in [-0.1, -0.05) is 6.07 Å². The normalized spacial score (nSPS) is 24.1. The molecule has 1 atom stereocenters. The minimum absolute atomic E-state index is 0.182. The average Bonchev–Trinajstić information content (AvgIpc) is 2.53. The second-order valence-electron chi connectivity index (χ2n) is 4.68. The molecule has 0 aliphatic carbocycles. The van der Waals surface area contributed by atoms with E-state index in [-0.39, 0.29) is 12.3 Å². The van der Waals surface area contributed by atoms with Crippen LogP contribution in [-0.4, -0.2) is 27.5 Å². The van der Waals surface area contributed by atoms with Gasteiger partial charge in [0.2, 0.25) is 5.91 Å². The Morgan fingerprint density at radius 3 is 3.00 bits per heavy atom. The number of carbonyl (C=O) groups is 2. The van der Waals surface area contributed by atoms with Gasteiger partial charge in [-0.15, -0.1) is 0 Å². The van der Waals surface area contributed by atoms with E-state index < -0.39 is 11.5 Å². The lowest BCUT2D eigenvalue weighted by molar-refractivity contribution is -0.147. The Balaban J connectivity index is 2.26. The summed E-state index contributed by atoms with van der Waals surface area (Å²) in [5, 5.41) is 12.1. The zero-order chi connectivity index (χ0) is 13.0. The van der Waals surface area contributed by atoms with Crippen LogP contribution in [0, 0.1) is 0 Å². The first kappa shape index (κ1) is 12.5. The summed E-state index contributed by atoms with van der Waals surface area (Å²) in [5.41, 5.74) is -0.363. The topological polar surface area (TPSA) is 79.3 Å². The maximum absolute atomic E-state index is 11.6. The third-order valence-electron chi connectivity index (χ3n) is 3.27. The molecule has 5 heteroatoms. The van der Waals surface area contributed by atoms with Crippen LogP contribution in [0.4, 0.5) is 0 Å². The highest BCUT2D eigenvalue weighted by Crippen LogP contribution is 2.24. The predicted octanol–water partition coefficient (Wildman–Crippen LogP) is 1.14. The van der Waals surface area contributed by atoms with Crippen molar-refractivity contribution in [1.29, 1.82) is 0 Å². The fraction of sp³-hybridized carbons (Fsp3) is 0.462. The maximum Gasteiger partial charge on any atom is 0.329 e. The molecule has 1 unspecified atom stereocenters. The number of nitrogens with zero attached hydrogens (tertiary/aromatic N) is 1. The number of hydrogen-bond donors (Lipinski definition) is 2. The van der Waals surface area contributed by atoms with Crippen LogP contribution in [0.1, 0.15) is 31.2 Å². The molecule has 18 heavy (non-hydrogen) atoms. The van der Waals surface area contributed by atoms with Gasteiger partial charge in [-0.3, -0.25) is 9.78 Å². The molecule has 2 heterocycles. The van der Waals surface area contributed by atoms with Crippen LogP contribution in [0.25, 0.3) is 0 Å². The summed E-state index contributed by atoms with van der Waals surface area (Å²) in [6.07, 6.45) is 5.91. The van der Waals surface area contributed by atoms with E-state index in [0.717, 1.165) is 18.4 Å². The first-order valence-electron chi connectivity index (χ1n) is 6.06. The Morgan fingerprint density at radius 2 is 2.33 bits per heavy atom. The summed E-state index contributed by atoms with van der Waals surface area (Å²) >= 11 is 0. The Kier molecular flexibility index (Phi) is 3.60. The molecule has 1 aromatic rings. The molecule has 1 amide bonds. The summed E-state index contributed by atoms with van der Waals surface area (Å²) in [7, 11) is 0. The van der Waals surface area contributed by atoms with E-state index in [2.05, 4.69) is 10.3 Å². The van der Waals surface area contributed by atoms with E-state index in [0.29, 0.717) is 12.8 Å². The van der Waals surface area contributed by atoms with Crippen molar-refractivity contribution in [1.82, 2.24) is 10.3 Å². The van der Waals surface area contributed by atoms with Gasteiger partial charge in [0.05, 0.1) is 0 Å². The number of amides is 1. The Bertz CT molecular complexity index is 447. The fourth-order valence-corrected chi connectivity index (χ4v) is 2.32. The molecule has 0 bridgehead atoms. The molecule has 0 radical (unpaired) electrons. The lowest BCUT2D eigenvalue weighted by atomic mass is 9.87. The first-order valence-corrected chi connectivity index (χ1v) is 6.06. The molecule has 0 saturated carbocycles. The highest BCUT2D eigenvalue weighted by molar-refractivity contribution is 5.87. The van der Waals surface area contributed by atoms with Crippen molar-refractivity contribution in [2.24, 2.45) is 0 Å². The van der Waals surface area contributed by atoms with Crippen molar-refractivity contribution in [3.8, 4) is 0 Å². The van der Waals surface area contributed by atoms with E-state index in [4.69, 9.17) is 0 Å². The molecule has 2 rings (SSSR count). The van der Waals surface area contributed by atoms with Crippen molar-refractivity contribution < 1.29 is 14.7 Å². The third kappa shape index (κ3) is 2.67. The quantitative estimate of drug-likeness (QED) is 0.840. The minimum atomic E-state index is -1.18. The van der Waals surface area contributed by atoms with Crippen LogP contribution in [0.15, 0.2) is 24.5 Å². The monoisotopic (exact) mass is 248 g/mol. The summed E-state index contributed by atoms with van der Waals surface area (Å²) in [6.45, 7) is 0. The SMILES string of the molecule is O=C1CCCCC(Cc2cccnc2)(C(=O)O)N1. The van der Waals surface area contributed by atoms with Gasteiger partial charge in [0, 0.05) is 25.2 Å². The lowest BCUT2D eigenvalue weighted by Crippen LogP contribution is -2.55. The van der Waals surface area contributed by atoms with Crippen molar-refractivity contribution in [3.05, 3.63) is 30.1 Å². The lowest BCUT2D eigenvalue weighted by Gasteiger charge is -2.29. The Hall–Kier alpha value is -1.91. The number of pyridine rings is 1. The second kappa shape index (κ2) is 5.16. The molecule has 0 aromatic carbocycles. The van der Waals surface area contributed by atoms with Crippen LogP contribution in [-0.2, 0) is 16.0 Å². The van der Waals surface area contributed by atoms with Gasteiger partial charge >= 0.3 is 5.97 Å². The van der Waals surface area contributed by atoms with Crippen LogP contribution in [0.5, 0.6) is 0 Å². The summed E-state index contributed by atoms with van der Waals surface area (Å²) in [6, 6.07) is 3.60. The molecule has 1 aliphatic heterocycles. The van der Waals surface area contributed by atoms with Crippen LogP contribution >= 0.6 is 0 Å². The number of carboxylic acid groups (broad SMARTS) is 1. The molecular formula is C13H16N2O3. The second-order valence-corrected chi connectivity index (χ2v) is 4.68. The number of aliphatic carboxylic acids is 1. The molecule has 1 fully saturated rings. The molecule has 1 aromatic heterocycles.